The molecule has 34 heavy (non-hydrogen) atoms. The van der Waals surface area contributed by atoms with Gasteiger partial charge in [0.15, 0.2) is 0 Å². The van der Waals surface area contributed by atoms with Crippen LogP contribution in [-0.2, 0) is 27.5 Å². The Bertz CT molecular complexity index is 1400. The lowest BCUT2D eigenvalue weighted by atomic mass is 10.0. The number of carbonyl (C=O) groups excluding carboxylic acids is 1. The minimum atomic E-state index is -3.11. The van der Waals surface area contributed by atoms with Crippen LogP contribution in [0.25, 0.3) is 11.3 Å². The largest absolute Gasteiger partial charge is 0.353 e. The van der Waals surface area contributed by atoms with E-state index in [1.165, 1.54) is 6.07 Å². The number of hydrogen-bond donors (Lipinski definition) is 1. The molecule has 0 atom stereocenters. The highest BCUT2D eigenvalue weighted by molar-refractivity contribution is 7.90. The van der Waals surface area contributed by atoms with Crippen LogP contribution in [0.1, 0.15) is 16.7 Å². The van der Waals surface area contributed by atoms with Crippen molar-refractivity contribution in [2.24, 2.45) is 0 Å². The molecular weight excluding hydrogens is 457 g/mol. The average molecular weight is 480 g/mol. The van der Waals surface area contributed by atoms with Gasteiger partial charge >= 0.3 is 0 Å². The van der Waals surface area contributed by atoms with E-state index in [1.807, 2.05) is 6.07 Å². The number of rotatable bonds is 7. The summed E-state index contributed by atoms with van der Waals surface area (Å²) < 4.78 is 36.7. The third kappa shape index (κ3) is 5.21. The van der Waals surface area contributed by atoms with Crippen molar-refractivity contribution in [2.75, 3.05) is 35.3 Å². The van der Waals surface area contributed by atoms with Gasteiger partial charge in [-0.25, -0.2) is 22.8 Å². The molecule has 0 radical (unpaired) electrons. The second kappa shape index (κ2) is 9.57. The third-order valence-corrected chi connectivity index (χ3v) is 6.44. The number of carbonyl (C=O) groups is 1. The van der Waals surface area contributed by atoms with E-state index < -0.39 is 15.7 Å². The molecule has 2 heterocycles. The van der Waals surface area contributed by atoms with Crippen molar-refractivity contribution in [3.63, 3.8) is 0 Å². The van der Waals surface area contributed by atoms with Gasteiger partial charge in [-0.05, 0) is 41.8 Å². The van der Waals surface area contributed by atoms with Gasteiger partial charge in [0.1, 0.15) is 21.7 Å². The third-order valence-electron chi connectivity index (χ3n) is 5.49. The van der Waals surface area contributed by atoms with Crippen molar-refractivity contribution in [1.29, 1.82) is 5.26 Å². The minimum Gasteiger partial charge on any atom is -0.353 e. The zero-order chi connectivity index (χ0) is 24.3. The second-order valence-corrected chi connectivity index (χ2v) is 10.3. The number of halogens is 1. The molecule has 10 heteroatoms. The van der Waals surface area contributed by atoms with E-state index in [4.69, 9.17) is 0 Å². The van der Waals surface area contributed by atoms with Gasteiger partial charge in [0, 0.05) is 31.1 Å². The van der Waals surface area contributed by atoms with Crippen LogP contribution >= 0.6 is 0 Å². The van der Waals surface area contributed by atoms with Gasteiger partial charge in [-0.15, -0.1) is 0 Å². The standard InChI is InChI=1S/C24H22FN5O3S/c1-34(32,33)11-9-28-24-27-8-6-21(29-24)18-12-17-7-10-30(23(17)19(13-18)15-26)22(31)14-16-4-2-3-5-20(16)25/h2-6,8,12-13H,7,9-11,14H2,1H3,(H,27,28,29). The predicted octanol–water partition coefficient (Wildman–Crippen LogP) is 2.74. The number of nitrogens with one attached hydrogen (secondary N) is 1. The summed E-state index contributed by atoms with van der Waals surface area (Å²) in [6, 6.07) is 13.6. The molecule has 0 bridgehead atoms. The summed E-state index contributed by atoms with van der Waals surface area (Å²) in [6.45, 7) is 0.581. The molecule has 1 aliphatic heterocycles. The van der Waals surface area contributed by atoms with Crippen molar-refractivity contribution in [2.45, 2.75) is 12.8 Å². The number of fused-ring (bicyclic) bond motifs is 1. The fourth-order valence-corrected chi connectivity index (χ4v) is 4.36. The normalized spacial score (nSPS) is 12.8. The van der Waals surface area contributed by atoms with Crippen LogP contribution in [-0.4, -0.2) is 49.4 Å². The summed E-state index contributed by atoms with van der Waals surface area (Å²) in [5, 5.41) is 12.7. The summed E-state index contributed by atoms with van der Waals surface area (Å²) >= 11 is 0. The van der Waals surface area contributed by atoms with Crippen LogP contribution < -0.4 is 10.2 Å². The number of amides is 1. The van der Waals surface area contributed by atoms with Gasteiger partial charge in [-0.3, -0.25) is 4.79 Å². The molecule has 174 valence electrons. The first-order valence-corrected chi connectivity index (χ1v) is 12.7. The molecule has 3 aromatic rings. The van der Waals surface area contributed by atoms with E-state index in [1.54, 1.807) is 41.4 Å². The van der Waals surface area contributed by atoms with Gasteiger partial charge in [0.2, 0.25) is 11.9 Å². The summed E-state index contributed by atoms with van der Waals surface area (Å²) in [7, 11) is -3.11. The number of aromatic nitrogens is 2. The lowest BCUT2D eigenvalue weighted by Crippen LogP contribution is -2.31. The van der Waals surface area contributed by atoms with Gasteiger partial charge in [0.05, 0.1) is 29.1 Å². The van der Waals surface area contributed by atoms with E-state index in [2.05, 4.69) is 21.4 Å². The summed E-state index contributed by atoms with van der Waals surface area (Å²) in [5.74, 6) is -0.473. The molecule has 2 aromatic carbocycles. The van der Waals surface area contributed by atoms with Crippen molar-refractivity contribution >= 4 is 27.4 Å². The number of hydrogen-bond acceptors (Lipinski definition) is 7. The highest BCUT2D eigenvalue weighted by atomic mass is 32.2. The molecule has 1 aliphatic rings. The summed E-state index contributed by atoms with van der Waals surface area (Å²) in [6.07, 6.45) is 3.18. The Morgan fingerprint density at radius 3 is 2.79 bits per heavy atom. The fraction of sp³-hybridized carbons (Fsp3) is 0.250. The topological polar surface area (TPSA) is 116 Å². The van der Waals surface area contributed by atoms with Crippen LogP contribution in [0.3, 0.4) is 0 Å². The van der Waals surface area contributed by atoms with Crippen molar-refractivity contribution in [3.8, 4) is 17.3 Å². The first kappa shape index (κ1) is 23.3. The number of benzene rings is 2. The highest BCUT2D eigenvalue weighted by Gasteiger charge is 2.29. The first-order chi connectivity index (χ1) is 16.2. The maximum absolute atomic E-state index is 14.0. The van der Waals surface area contributed by atoms with Crippen molar-refractivity contribution in [3.05, 3.63) is 71.2 Å². The van der Waals surface area contributed by atoms with Crippen LogP contribution in [0, 0.1) is 17.1 Å². The zero-order valence-electron chi connectivity index (χ0n) is 18.5. The van der Waals surface area contributed by atoms with E-state index >= 15 is 0 Å². The maximum atomic E-state index is 14.0. The van der Waals surface area contributed by atoms with Gasteiger partial charge in [-0.1, -0.05) is 18.2 Å². The lowest BCUT2D eigenvalue weighted by Gasteiger charge is -2.19. The molecule has 0 saturated heterocycles. The fourth-order valence-electron chi connectivity index (χ4n) is 3.88. The monoisotopic (exact) mass is 479 g/mol. The SMILES string of the molecule is CS(=O)(=O)CCNc1nccc(-c2cc(C#N)c3c(c2)CCN3C(=O)Cc2ccccc2F)n1. The van der Waals surface area contributed by atoms with Crippen LogP contribution in [0.4, 0.5) is 16.0 Å². The molecule has 8 nitrogen and oxygen atoms in total. The summed E-state index contributed by atoms with van der Waals surface area (Å²) in [5.41, 5.74) is 3.28. The quantitative estimate of drug-likeness (QED) is 0.554. The molecule has 0 saturated carbocycles. The van der Waals surface area contributed by atoms with Gasteiger partial charge in [-0.2, -0.15) is 5.26 Å². The Labute approximate surface area is 197 Å². The maximum Gasteiger partial charge on any atom is 0.231 e. The predicted molar refractivity (Wildman–Crippen MR) is 127 cm³/mol. The number of sulfone groups is 1. The first-order valence-electron chi connectivity index (χ1n) is 10.6. The zero-order valence-corrected chi connectivity index (χ0v) is 19.3. The summed E-state index contributed by atoms with van der Waals surface area (Å²) in [4.78, 5) is 23.0. The molecule has 1 N–H and O–H groups in total. The van der Waals surface area contributed by atoms with Crippen molar-refractivity contribution in [1.82, 2.24) is 9.97 Å². The molecule has 0 unspecified atom stereocenters. The van der Waals surface area contributed by atoms with Crippen LogP contribution in [0.15, 0.2) is 48.7 Å². The van der Waals surface area contributed by atoms with Gasteiger partial charge in [0.25, 0.3) is 0 Å². The molecular formula is C24H22FN5O3S. The van der Waals surface area contributed by atoms with Crippen LogP contribution in [0.5, 0.6) is 0 Å². The van der Waals surface area contributed by atoms with Crippen molar-refractivity contribution < 1.29 is 17.6 Å². The Morgan fingerprint density at radius 2 is 2.06 bits per heavy atom. The highest BCUT2D eigenvalue weighted by Crippen LogP contribution is 2.36. The van der Waals surface area contributed by atoms with Gasteiger partial charge < -0.3 is 10.2 Å². The molecule has 1 aromatic heterocycles. The van der Waals surface area contributed by atoms with E-state index in [0.717, 1.165) is 11.8 Å². The van der Waals surface area contributed by atoms with Crippen LogP contribution in [0.2, 0.25) is 0 Å². The molecule has 4 rings (SSSR count). The lowest BCUT2D eigenvalue weighted by molar-refractivity contribution is -0.117. The van der Waals surface area contributed by atoms with E-state index in [0.29, 0.717) is 41.0 Å². The molecule has 0 spiro atoms. The number of nitrogens with zero attached hydrogens (tertiary/aromatic N) is 4. The van der Waals surface area contributed by atoms with E-state index in [-0.39, 0.29) is 30.6 Å². The number of nitriles is 1. The average Bonchev–Trinajstić information content (AvgIpc) is 3.24. The Balaban J connectivity index is 1.59. The number of anilines is 2. The Kier molecular flexibility index (Phi) is 6.56. The molecule has 0 aliphatic carbocycles. The Hall–Kier alpha value is -3.84. The molecule has 1 amide bonds. The minimum absolute atomic E-state index is 0.0469. The smallest absolute Gasteiger partial charge is 0.231 e. The second-order valence-electron chi connectivity index (χ2n) is 8.03. The van der Waals surface area contributed by atoms with E-state index in [9.17, 15) is 22.9 Å². The molecule has 0 fully saturated rings. The Morgan fingerprint density at radius 1 is 1.26 bits per heavy atom.